The average Bonchev–Trinajstić information content (AvgIpc) is 2.32. The van der Waals surface area contributed by atoms with Gasteiger partial charge in [-0.1, -0.05) is 26.7 Å². The Morgan fingerprint density at radius 3 is 2.44 bits per heavy atom. The van der Waals surface area contributed by atoms with E-state index in [1.165, 1.54) is 0 Å². The third kappa shape index (κ3) is 9.59. The summed E-state index contributed by atoms with van der Waals surface area (Å²) in [4.78, 5) is 20.2. The summed E-state index contributed by atoms with van der Waals surface area (Å²) in [7, 11) is -2.68. The molecule has 0 heterocycles. The van der Waals surface area contributed by atoms with Gasteiger partial charge < -0.3 is 10.2 Å². The second kappa shape index (κ2) is 9.50. The van der Waals surface area contributed by atoms with Gasteiger partial charge in [-0.05, 0) is 12.8 Å². The van der Waals surface area contributed by atoms with E-state index in [-0.39, 0.29) is 18.4 Å². The van der Waals surface area contributed by atoms with Crippen molar-refractivity contribution < 1.29 is 23.3 Å². The summed E-state index contributed by atoms with van der Waals surface area (Å²) in [6.45, 7) is 4.60. The van der Waals surface area contributed by atoms with Crippen molar-refractivity contribution in [2.75, 3.05) is 20.3 Å². The van der Waals surface area contributed by atoms with Crippen LogP contribution in [0.1, 0.15) is 39.5 Å². The molecule has 0 aromatic carbocycles. The molecule has 0 aliphatic heterocycles. The molecular weight excluding hydrogens is 257 g/mol. The van der Waals surface area contributed by atoms with Crippen molar-refractivity contribution in [2.24, 2.45) is 5.92 Å². The molecule has 1 unspecified atom stereocenters. The van der Waals surface area contributed by atoms with Gasteiger partial charge in [-0.2, -0.15) is 0 Å². The van der Waals surface area contributed by atoms with Gasteiger partial charge in [0.25, 0.3) is 0 Å². The molecule has 0 spiro atoms. The number of carbonyl (C=O) groups excluding carboxylic acids is 1. The van der Waals surface area contributed by atoms with Gasteiger partial charge in [0, 0.05) is 19.6 Å². The summed E-state index contributed by atoms with van der Waals surface area (Å²) in [5.41, 5.74) is 0. The van der Waals surface area contributed by atoms with Crippen LogP contribution in [-0.2, 0) is 18.4 Å². The van der Waals surface area contributed by atoms with Gasteiger partial charge >= 0.3 is 7.82 Å². The molecule has 0 radical (unpaired) electrons. The standard InChI is InChI=1S/C11H24NO5P/c1-10(2)11(13)12-8-6-4-5-7-9-17-18(14,15)16-3/h10H,4-9H2,1-3H3,(H,12,13)(H,14,15). The number of unbranched alkanes of at least 4 members (excludes halogenated alkanes) is 3. The normalized spacial score (nSPS) is 14.5. The number of rotatable bonds is 10. The maximum Gasteiger partial charge on any atom is 0.471 e. The highest BCUT2D eigenvalue weighted by Crippen LogP contribution is 2.41. The molecule has 0 rings (SSSR count). The molecule has 1 amide bonds. The maximum absolute atomic E-state index is 11.2. The zero-order valence-corrected chi connectivity index (χ0v) is 12.2. The molecule has 0 aromatic rings. The summed E-state index contributed by atoms with van der Waals surface area (Å²) < 4.78 is 19.9. The first-order valence-electron chi connectivity index (χ1n) is 6.20. The molecule has 0 saturated carbocycles. The fraction of sp³-hybridized carbons (Fsp3) is 0.909. The number of hydrogen-bond donors (Lipinski definition) is 2. The second-order valence-electron chi connectivity index (χ2n) is 4.34. The first-order chi connectivity index (χ1) is 8.39. The third-order valence-electron chi connectivity index (χ3n) is 2.38. The Morgan fingerprint density at radius 1 is 1.28 bits per heavy atom. The number of nitrogens with one attached hydrogen (secondary N) is 1. The van der Waals surface area contributed by atoms with Gasteiger partial charge in [0.1, 0.15) is 0 Å². The van der Waals surface area contributed by atoms with Crippen LogP contribution in [0.15, 0.2) is 0 Å². The summed E-state index contributed by atoms with van der Waals surface area (Å²) in [5, 5.41) is 2.83. The number of hydrogen-bond acceptors (Lipinski definition) is 4. The summed E-state index contributed by atoms with van der Waals surface area (Å²) in [6.07, 6.45) is 3.44. The molecule has 0 saturated heterocycles. The highest BCUT2D eigenvalue weighted by Gasteiger charge is 2.17. The van der Waals surface area contributed by atoms with E-state index in [1.807, 2.05) is 13.8 Å². The highest BCUT2D eigenvalue weighted by molar-refractivity contribution is 7.47. The van der Waals surface area contributed by atoms with Gasteiger partial charge in [-0.3, -0.25) is 13.8 Å². The molecule has 0 aromatic heterocycles. The molecule has 6 nitrogen and oxygen atoms in total. The maximum atomic E-state index is 11.2. The molecular formula is C11H24NO5P. The number of phosphoric ester groups is 1. The van der Waals surface area contributed by atoms with E-state index in [1.54, 1.807) is 0 Å². The largest absolute Gasteiger partial charge is 0.471 e. The van der Waals surface area contributed by atoms with Gasteiger partial charge in [0.15, 0.2) is 0 Å². The lowest BCUT2D eigenvalue weighted by molar-refractivity contribution is -0.123. The van der Waals surface area contributed by atoms with E-state index in [0.29, 0.717) is 13.0 Å². The van der Waals surface area contributed by atoms with Crippen LogP contribution in [0.2, 0.25) is 0 Å². The minimum absolute atomic E-state index is 0.0196. The van der Waals surface area contributed by atoms with E-state index >= 15 is 0 Å². The predicted octanol–water partition coefficient (Wildman–Crippen LogP) is 2.08. The van der Waals surface area contributed by atoms with Gasteiger partial charge in [0.2, 0.25) is 5.91 Å². The predicted molar refractivity (Wildman–Crippen MR) is 69.1 cm³/mol. The molecule has 18 heavy (non-hydrogen) atoms. The van der Waals surface area contributed by atoms with E-state index in [4.69, 9.17) is 4.89 Å². The summed E-state index contributed by atoms with van der Waals surface area (Å²) >= 11 is 0. The second-order valence-corrected chi connectivity index (χ2v) is 5.90. The first-order valence-corrected chi connectivity index (χ1v) is 7.69. The third-order valence-corrected chi connectivity index (χ3v) is 3.35. The van der Waals surface area contributed by atoms with Crippen LogP contribution in [0.4, 0.5) is 0 Å². The Kier molecular flexibility index (Phi) is 9.28. The monoisotopic (exact) mass is 281 g/mol. The van der Waals surface area contributed by atoms with Crippen LogP contribution in [0.5, 0.6) is 0 Å². The molecule has 108 valence electrons. The SMILES string of the molecule is COP(=O)(O)OCCCCCCNC(=O)C(C)C. The van der Waals surface area contributed by atoms with E-state index < -0.39 is 7.82 Å². The Balaban J connectivity index is 3.32. The van der Waals surface area contributed by atoms with E-state index in [0.717, 1.165) is 26.4 Å². The number of phosphoric acid groups is 1. The minimum atomic E-state index is -3.82. The zero-order chi connectivity index (χ0) is 14.0. The molecule has 0 aliphatic carbocycles. The van der Waals surface area contributed by atoms with Gasteiger partial charge in [0.05, 0.1) is 6.61 Å². The van der Waals surface area contributed by atoms with Gasteiger partial charge in [-0.15, -0.1) is 0 Å². The van der Waals surface area contributed by atoms with Crippen molar-refractivity contribution in [3.05, 3.63) is 0 Å². The smallest absolute Gasteiger partial charge is 0.356 e. The topological polar surface area (TPSA) is 84.9 Å². The molecule has 2 N–H and O–H groups in total. The Hall–Kier alpha value is -0.420. The molecule has 0 fully saturated rings. The zero-order valence-electron chi connectivity index (χ0n) is 11.3. The fourth-order valence-electron chi connectivity index (χ4n) is 1.23. The van der Waals surface area contributed by atoms with Gasteiger partial charge in [-0.25, -0.2) is 4.57 Å². The number of amides is 1. The lowest BCUT2D eigenvalue weighted by Gasteiger charge is -2.09. The summed E-state index contributed by atoms with van der Waals surface area (Å²) in [5.74, 6) is 0.0887. The van der Waals surface area contributed by atoms with Crippen LogP contribution in [0.25, 0.3) is 0 Å². The minimum Gasteiger partial charge on any atom is -0.356 e. The van der Waals surface area contributed by atoms with Crippen molar-refractivity contribution in [1.82, 2.24) is 5.32 Å². The van der Waals surface area contributed by atoms with Crippen molar-refractivity contribution in [2.45, 2.75) is 39.5 Å². The molecule has 1 atom stereocenters. The van der Waals surface area contributed by atoms with Crippen LogP contribution in [0.3, 0.4) is 0 Å². The van der Waals surface area contributed by atoms with Crippen LogP contribution >= 0.6 is 7.82 Å². The Morgan fingerprint density at radius 2 is 1.89 bits per heavy atom. The van der Waals surface area contributed by atoms with Crippen molar-refractivity contribution in [1.29, 1.82) is 0 Å². The quantitative estimate of drug-likeness (QED) is 0.473. The molecule has 7 heteroatoms. The lowest BCUT2D eigenvalue weighted by Crippen LogP contribution is -2.28. The summed E-state index contributed by atoms with van der Waals surface area (Å²) in [6, 6.07) is 0. The Bertz CT molecular complexity index is 283. The highest BCUT2D eigenvalue weighted by atomic mass is 31.2. The van der Waals surface area contributed by atoms with Crippen LogP contribution in [-0.4, -0.2) is 31.1 Å². The average molecular weight is 281 g/mol. The Labute approximate surface area is 109 Å². The fourth-order valence-corrected chi connectivity index (χ4v) is 1.69. The van der Waals surface area contributed by atoms with Crippen molar-refractivity contribution in [3.8, 4) is 0 Å². The van der Waals surface area contributed by atoms with Crippen molar-refractivity contribution >= 4 is 13.7 Å². The van der Waals surface area contributed by atoms with Crippen LogP contribution < -0.4 is 5.32 Å². The first kappa shape index (κ1) is 17.6. The molecule has 0 aliphatic rings. The lowest BCUT2D eigenvalue weighted by atomic mass is 10.2. The van der Waals surface area contributed by atoms with E-state index in [2.05, 4.69) is 14.4 Å². The van der Waals surface area contributed by atoms with Crippen LogP contribution in [0, 0.1) is 5.92 Å². The molecule has 0 bridgehead atoms. The van der Waals surface area contributed by atoms with Crippen molar-refractivity contribution in [3.63, 3.8) is 0 Å². The number of carbonyl (C=O) groups is 1. The van der Waals surface area contributed by atoms with E-state index in [9.17, 15) is 9.36 Å².